The first-order valence-electron chi connectivity index (χ1n) is 24.3. The van der Waals surface area contributed by atoms with Crippen LogP contribution in [-0.2, 0) is 0 Å². The van der Waals surface area contributed by atoms with Gasteiger partial charge in [-0.25, -0.2) is 0 Å². The third kappa shape index (κ3) is 6.66. The van der Waals surface area contributed by atoms with Crippen LogP contribution in [0.5, 0.6) is 0 Å². The largest absolute Gasteiger partial charge is 0.456 e. The van der Waals surface area contributed by atoms with Gasteiger partial charge < -0.3 is 13.6 Å². The van der Waals surface area contributed by atoms with E-state index in [1.807, 2.05) is 0 Å². The lowest BCUT2D eigenvalue weighted by Crippen LogP contribution is -2.02. The monoisotopic (exact) mass is 904 g/mol. The molecule has 0 saturated heterocycles. The molecule has 0 aliphatic carbocycles. The van der Waals surface area contributed by atoms with E-state index in [4.69, 9.17) is 4.42 Å². The minimum absolute atomic E-state index is 0.867. The van der Waals surface area contributed by atoms with Crippen molar-refractivity contribution in [2.45, 2.75) is 0 Å². The number of aromatic nitrogens is 2. The van der Waals surface area contributed by atoms with E-state index >= 15 is 0 Å². The molecule has 0 aliphatic heterocycles. The Bertz CT molecular complexity index is 4190. The van der Waals surface area contributed by atoms with Crippen LogP contribution in [0.4, 0.5) is 0 Å². The van der Waals surface area contributed by atoms with Crippen molar-refractivity contribution in [2.75, 3.05) is 0 Å². The summed E-state index contributed by atoms with van der Waals surface area (Å²) in [5.74, 6) is 0. The average molecular weight is 905 g/mol. The van der Waals surface area contributed by atoms with Gasteiger partial charge in [-0.05, 0) is 137 Å². The standard InChI is InChI=1S/C68H44N2O/c1-5-20-46(21-6-1)60-39-40-61(47-22-7-2-8-23-47)69(60)50-36-38-55-58(43-50)66(53-31-17-28-45-19-13-14-29-52(45)53)54-37-35-51(70-62(48-24-9-3-10-25-48)41-42-63(70)49-26-11-4-12-27-49)44-59(54)67(55)57-32-18-34-65-68(57)56-30-15-16-33-64(56)71-65/h1-44H. The summed E-state index contributed by atoms with van der Waals surface area (Å²) in [5.41, 5.74) is 17.7. The topological polar surface area (TPSA) is 23.0 Å². The summed E-state index contributed by atoms with van der Waals surface area (Å²) < 4.78 is 11.5. The number of furan rings is 1. The van der Waals surface area contributed by atoms with Gasteiger partial charge in [-0.15, -0.1) is 0 Å². The van der Waals surface area contributed by atoms with Crippen molar-refractivity contribution in [3.63, 3.8) is 0 Å². The lowest BCUT2D eigenvalue weighted by atomic mass is 9.83. The van der Waals surface area contributed by atoms with Gasteiger partial charge in [0.25, 0.3) is 0 Å². The SMILES string of the molecule is c1ccc(-c2ccc(-c3ccccc3)n2-c2ccc3c(-c4cccc5oc6ccccc6c45)c4cc(-n5c(-c6ccccc6)ccc5-c5ccccc5)ccc4c(-c4cccc5ccccc45)c3c2)cc1. The molecule has 0 radical (unpaired) electrons. The summed E-state index contributed by atoms with van der Waals surface area (Å²) in [6, 6.07) is 96.9. The molecule has 0 fully saturated rings. The Morgan fingerprint density at radius 2 is 0.648 bits per heavy atom. The lowest BCUT2D eigenvalue weighted by molar-refractivity contribution is 0.669. The van der Waals surface area contributed by atoms with Crippen LogP contribution in [0.3, 0.4) is 0 Å². The molecular formula is C68H44N2O. The van der Waals surface area contributed by atoms with E-state index in [2.05, 4.69) is 276 Å². The molecule has 332 valence electrons. The minimum Gasteiger partial charge on any atom is -0.456 e. The van der Waals surface area contributed by atoms with Crippen molar-refractivity contribution < 1.29 is 4.42 Å². The highest BCUT2D eigenvalue weighted by atomic mass is 16.3. The quantitative estimate of drug-likeness (QED) is 0.139. The Morgan fingerprint density at radius 3 is 1.17 bits per heavy atom. The van der Waals surface area contributed by atoms with Gasteiger partial charge in [-0.3, -0.25) is 0 Å². The Morgan fingerprint density at radius 1 is 0.254 bits per heavy atom. The van der Waals surface area contributed by atoms with Gasteiger partial charge in [0.2, 0.25) is 0 Å². The second-order valence-corrected chi connectivity index (χ2v) is 18.4. The number of hydrogen-bond acceptors (Lipinski definition) is 1. The summed E-state index contributed by atoms with van der Waals surface area (Å²) in [4.78, 5) is 0. The molecule has 14 aromatic rings. The Kier molecular flexibility index (Phi) is 9.53. The lowest BCUT2D eigenvalue weighted by Gasteiger charge is -2.23. The van der Waals surface area contributed by atoms with Gasteiger partial charge in [0.1, 0.15) is 11.2 Å². The highest BCUT2D eigenvalue weighted by molar-refractivity contribution is 6.27. The second-order valence-electron chi connectivity index (χ2n) is 18.4. The first-order chi connectivity index (χ1) is 35.2. The Balaban J connectivity index is 1.15. The van der Waals surface area contributed by atoms with Crippen molar-refractivity contribution in [1.29, 1.82) is 0 Å². The molecule has 3 aromatic heterocycles. The average Bonchev–Trinajstić information content (AvgIpc) is 4.20. The maximum atomic E-state index is 6.66. The fraction of sp³-hybridized carbons (Fsp3) is 0. The van der Waals surface area contributed by atoms with Gasteiger partial charge in [0.15, 0.2) is 0 Å². The van der Waals surface area contributed by atoms with Crippen LogP contribution in [0.15, 0.2) is 271 Å². The van der Waals surface area contributed by atoms with Crippen molar-refractivity contribution in [1.82, 2.24) is 9.13 Å². The van der Waals surface area contributed by atoms with E-state index in [9.17, 15) is 0 Å². The van der Waals surface area contributed by atoms with Crippen LogP contribution < -0.4 is 0 Å². The van der Waals surface area contributed by atoms with Gasteiger partial charge in [-0.1, -0.05) is 206 Å². The fourth-order valence-corrected chi connectivity index (χ4v) is 11.3. The summed E-state index contributed by atoms with van der Waals surface area (Å²) in [6.45, 7) is 0. The normalized spacial score (nSPS) is 11.7. The smallest absolute Gasteiger partial charge is 0.136 e. The van der Waals surface area contributed by atoms with E-state index in [1.54, 1.807) is 0 Å². The molecule has 0 aliphatic rings. The summed E-state index contributed by atoms with van der Waals surface area (Å²) in [6.07, 6.45) is 0. The number of fused-ring (bicyclic) bond motifs is 6. The van der Waals surface area contributed by atoms with Crippen LogP contribution in [0, 0.1) is 0 Å². The van der Waals surface area contributed by atoms with E-state index in [-0.39, 0.29) is 0 Å². The predicted molar refractivity (Wildman–Crippen MR) is 298 cm³/mol. The molecule has 0 saturated carbocycles. The molecule has 3 nitrogen and oxygen atoms in total. The summed E-state index contributed by atoms with van der Waals surface area (Å²) in [5, 5.41) is 9.27. The third-order valence-corrected chi connectivity index (χ3v) is 14.4. The molecule has 71 heavy (non-hydrogen) atoms. The summed E-state index contributed by atoms with van der Waals surface area (Å²) in [7, 11) is 0. The highest BCUT2D eigenvalue weighted by Gasteiger charge is 2.24. The molecule has 3 heterocycles. The zero-order chi connectivity index (χ0) is 46.8. The first-order valence-corrected chi connectivity index (χ1v) is 24.3. The Labute approximate surface area is 411 Å². The van der Waals surface area contributed by atoms with Gasteiger partial charge in [-0.2, -0.15) is 0 Å². The van der Waals surface area contributed by atoms with Crippen molar-refractivity contribution >= 4 is 54.3 Å². The summed E-state index contributed by atoms with van der Waals surface area (Å²) >= 11 is 0. The molecule has 0 bridgehead atoms. The fourth-order valence-electron chi connectivity index (χ4n) is 11.3. The zero-order valence-corrected chi connectivity index (χ0v) is 38.7. The number of benzene rings is 11. The van der Waals surface area contributed by atoms with Crippen LogP contribution in [0.1, 0.15) is 0 Å². The van der Waals surface area contributed by atoms with Gasteiger partial charge in [0, 0.05) is 22.1 Å². The minimum atomic E-state index is 0.867. The number of para-hydroxylation sites is 1. The van der Waals surface area contributed by atoms with E-state index < -0.39 is 0 Å². The van der Waals surface area contributed by atoms with E-state index in [1.165, 1.54) is 38.2 Å². The Hall–Kier alpha value is -9.44. The van der Waals surface area contributed by atoms with Crippen molar-refractivity contribution in [3.8, 4) is 78.7 Å². The number of hydrogen-bond donors (Lipinski definition) is 0. The zero-order valence-electron chi connectivity index (χ0n) is 38.7. The molecule has 3 heteroatoms. The molecule has 0 atom stereocenters. The van der Waals surface area contributed by atoms with E-state index in [0.717, 1.165) is 94.7 Å². The van der Waals surface area contributed by atoms with Crippen LogP contribution in [0.25, 0.3) is 133 Å². The molecule has 0 N–H and O–H groups in total. The third-order valence-electron chi connectivity index (χ3n) is 14.4. The number of rotatable bonds is 8. The van der Waals surface area contributed by atoms with Gasteiger partial charge in [0.05, 0.1) is 22.8 Å². The molecule has 0 spiro atoms. The molecular weight excluding hydrogens is 861 g/mol. The van der Waals surface area contributed by atoms with Gasteiger partial charge >= 0.3 is 0 Å². The maximum Gasteiger partial charge on any atom is 0.136 e. The number of nitrogens with zero attached hydrogens (tertiary/aromatic N) is 2. The van der Waals surface area contributed by atoms with Crippen LogP contribution in [-0.4, -0.2) is 9.13 Å². The molecule has 0 unspecified atom stereocenters. The maximum absolute atomic E-state index is 6.66. The predicted octanol–water partition coefficient (Wildman–Crippen LogP) is 18.6. The van der Waals surface area contributed by atoms with E-state index in [0.29, 0.717) is 0 Å². The second kappa shape index (κ2) is 16.7. The molecule has 14 rings (SSSR count). The van der Waals surface area contributed by atoms with Crippen LogP contribution in [0.2, 0.25) is 0 Å². The molecule has 11 aromatic carbocycles. The first kappa shape index (κ1) is 40.6. The van der Waals surface area contributed by atoms with Crippen LogP contribution >= 0.6 is 0 Å². The van der Waals surface area contributed by atoms with Crippen molar-refractivity contribution in [2.24, 2.45) is 0 Å². The van der Waals surface area contributed by atoms with Crippen molar-refractivity contribution in [3.05, 3.63) is 267 Å². The highest BCUT2D eigenvalue weighted by Crippen LogP contribution is 2.50. The molecule has 0 amide bonds.